The highest BCUT2D eigenvalue weighted by atomic mass is 16.5. The Hall–Kier alpha value is -2.98. The molecule has 0 atom stereocenters. The first-order valence-corrected chi connectivity index (χ1v) is 10.0. The largest absolute Gasteiger partial charge is 0.377 e. The van der Waals surface area contributed by atoms with Gasteiger partial charge in [0.1, 0.15) is 0 Å². The maximum absolute atomic E-state index is 12.2. The molecule has 0 aliphatic carbocycles. The van der Waals surface area contributed by atoms with Gasteiger partial charge in [0.2, 0.25) is 11.7 Å². The number of hydrogen-bond acceptors (Lipinski definition) is 9. The van der Waals surface area contributed by atoms with Gasteiger partial charge in [-0.05, 0) is 20.2 Å². The average molecular weight is 413 g/mol. The van der Waals surface area contributed by atoms with Gasteiger partial charge in [0.15, 0.2) is 0 Å². The monoisotopic (exact) mass is 413 g/mol. The van der Waals surface area contributed by atoms with Crippen LogP contribution in [0.15, 0.2) is 22.7 Å². The van der Waals surface area contributed by atoms with Crippen LogP contribution >= 0.6 is 0 Å². The van der Waals surface area contributed by atoms with Crippen molar-refractivity contribution in [2.24, 2.45) is 0 Å². The van der Waals surface area contributed by atoms with Gasteiger partial charge < -0.3 is 34.7 Å². The Kier molecular flexibility index (Phi) is 5.96. The minimum Gasteiger partial charge on any atom is -0.377 e. The van der Waals surface area contributed by atoms with Crippen LogP contribution in [-0.2, 0) is 9.53 Å². The molecule has 0 radical (unpaired) electrons. The lowest BCUT2D eigenvalue weighted by atomic mass is 10.1. The highest BCUT2D eigenvalue weighted by molar-refractivity contribution is 5.87. The molecular weight excluding hydrogens is 386 g/mol. The number of nitrogens with one attached hydrogen (secondary N) is 2. The number of amides is 1. The summed E-state index contributed by atoms with van der Waals surface area (Å²) in [6.07, 6.45) is 1.32. The lowest BCUT2D eigenvalue weighted by Gasteiger charge is -2.34. The molecule has 0 saturated carbocycles. The van der Waals surface area contributed by atoms with E-state index in [-0.39, 0.29) is 11.9 Å². The lowest BCUT2D eigenvalue weighted by Crippen LogP contribution is -2.50. The van der Waals surface area contributed by atoms with Gasteiger partial charge in [-0.3, -0.25) is 4.79 Å². The first kappa shape index (κ1) is 20.3. The number of benzene rings is 1. The summed E-state index contributed by atoms with van der Waals surface area (Å²) in [7, 11) is 3.79. The minimum absolute atomic E-state index is 0.133. The third-order valence-electron chi connectivity index (χ3n) is 5.23. The summed E-state index contributed by atoms with van der Waals surface area (Å²) in [5.74, 6) is 0.634. The zero-order valence-corrected chi connectivity index (χ0v) is 17.3. The van der Waals surface area contributed by atoms with Crippen molar-refractivity contribution in [2.45, 2.75) is 6.04 Å². The third-order valence-corrected chi connectivity index (χ3v) is 5.23. The topological polar surface area (TPSA) is 111 Å². The fourth-order valence-electron chi connectivity index (χ4n) is 3.46. The molecule has 160 valence electrons. The van der Waals surface area contributed by atoms with Gasteiger partial charge in [-0.15, -0.1) is 0 Å². The molecule has 1 aromatic carbocycles. The number of carbonyl (C=O) groups is 1. The number of rotatable bonds is 7. The van der Waals surface area contributed by atoms with Crippen molar-refractivity contribution in [1.82, 2.24) is 19.9 Å². The van der Waals surface area contributed by atoms with Gasteiger partial charge >= 0.3 is 6.01 Å². The van der Waals surface area contributed by atoms with Crippen molar-refractivity contribution in [3.05, 3.63) is 23.8 Å². The standard InChI is InChI=1S/C20H27N7O3/c1-25(2)11-18(28)26-5-7-27(8-6-26)20-23-19(24-30-20)14-3-4-15(10-21)17(9-14)22-16-12-29-13-16/h3-4,9-10,16,21-22H,5-8,11-13H2,1-2H3. The molecule has 0 bridgehead atoms. The summed E-state index contributed by atoms with van der Waals surface area (Å²) < 4.78 is 10.7. The Morgan fingerprint density at radius 3 is 2.70 bits per heavy atom. The number of anilines is 2. The van der Waals surface area contributed by atoms with Crippen molar-refractivity contribution >= 4 is 23.8 Å². The number of ether oxygens (including phenoxy) is 1. The van der Waals surface area contributed by atoms with Crippen molar-refractivity contribution in [1.29, 1.82) is 5.41 Å². The molecular formula is C20H27N7O3. The summed E-state index contributed by atoms with van der Waals surface area (Å²) in [4.78, 5) is 22.5. The maximum atomic E-state index is 12.2. The van der Waals surface area contributed by atoms with E-state index in [4.69, 9.17) is 14.7 Å². The first-order valence-electron chi connectivity index (χ1n) is 10.0. The Morgan fingerprint density at radius 1 is 1.30 bits per heavy atom. The van der Waals surface area contributed by atoms with E-state index >= 15 is 0 Å². The van der Waals surface area contributed by atoms with Crippen LogP contribution in [0.4, 0.5) is 11.7 Å². The second-order valence-electron chi connectivity index (χ2n) is 7.83. The summed E-state index contributed by atoms with van der Waals surface area (Å²) in [5, 5.41) is 15.2. The second-order valence-corrected chi connectivity index (χ2v) is 7.83. The van der Waals surface area contributed by atoms with Gasteiger partial charge in [-0.2, -0.15) is 4.98 Å². The molecule has 1 aromatic heterocycles. The zero-order valence-electron chi connectivity index (χ0n) is 17.3. The highest BCUT2D eigenvalue weighted by Crippen LogP contribution is 2.26. The molecule has 2 N–H and O–H groups in total. The van der Waals surface area contributed by atoms with E-state index < -0.39 is 0 Å². The van der Waals surface area contributed by atoms with E-state index in [1.54, 1.807) is 0 Å². The second kappa shape index (κ2) is 8.80. The van der Waals surface area contributed by atoms with Gasteiger partial charge in [-0.25, -0.2) is 0 Å². The molecule has 3 heterocycles. The molecule has 2 saturated heterocycles. The summed E-state index contributed by atoms with van der Waals surface area (Å²) in [5.41, 5.74) is 2.47. The molecule has 0 unspecified atom stereocenters. The van der Waals surface area contributed by atoms with Crippen LogP contribution in [-0.4, -0.2) is 98.1 Å². The van der Waals surface area contributed by atoms with Crippen LogP contribution in [0.2, 0.25) is 0 Å². The molecule has 2 aromatic rings. The third kappa shape index (κ3) is 4.44. The summed E-state index contributed by atoms with van der Waals surface area (Å²) in [6, 6.07) is 6.41. The molecule has 4 rings (SSSR count). The normalized spacial score (nSPS) is 17.2. The number of carbonyl (C=O) groups excluding carboxylic acids is 1. The Balaban J connectivity index is 1.42. The number of piperazine rings is 1. The lowest BCUT2D eigenvalue weighted by molar-refractivity contribution is -0.132. The van der Waals surface area contributed by atoms with E-state index in [2.05, 4.69) is 15.5 Å². The number of nitrogens with zero attached hydrogens (tertiary/aromatic N) is 5. The smallest absolute Gasteiger partial charge is 0.324 e. The SMILES string of the molecule is CN(C)CC(=O)N1CCN(c2nc(-c3ccc(C=N)c(NC4COC4)c3)no2)CC1. The molecule has 10 nitrogen and oxygen atoms in total. The van der Waals surface area contributed by atoms with Crippen molar-refractivity contribution in [3.8, 4) is 11.4 Å². The molecule has 0 spiro atoms. The number of hydrogen-bond donors (Lipinski definition) is 2. The number of aromatic nitrogens is 2. The molecule has 10 heteroatoms. The fraction of sp³-hybridized carbons (Fsp3) is 0.500. The predicted octanol–water partition coefficient (Wildman–Crippen LogP) is 0.755. The molecule has 2 aliphatic heterocycles. The maximum Gasteiger partial charge on any atom is 0.324 e. The van der Waals surface area contributed by atoms with Crippen molar-refractivity contribution in [3.63, 3.8) is 0 Å². The van der Waals surface area contributed by atoms with Gasteiger partial charge in [-0.1, -0.05) is 17.3 Å². The van der Waals surface area contributed by atoms with E-state index in [0.29, 0.717) is 57.8 Å². The van der Waals surface area contributed by atoms with Crippen molar-refractivity contribution in [2.75, 3.05) is 70.2 Å². The average Bonchev–Trinajstić information content (AvgIpc) is 3.20. The van der Waals surface area contributed by atoms with E-state index in [1.807, 2.05) is 47.0 Å². The Morgan fingerprint density at radius 2 is 2.07 bits per heavy atom. The molecule has 2 aliphatic rings. The Labute approximate surface area is 175 Å². The van der Waals surface area contributed by atoms with Crippen LogP contribution in [0.3, 0.4) is 0 Å². The highest BCUT2D eigenvalue weighted by Gasteiger charge is 2.25. The van der Waals surface area contributed by atoms with Gasteiger partial charge in [0, 0.05) is 49.2 Å². The van der Waals surface area contributed by atoms with Crippen LogP contribution in [0.25, 0.3) is 11.4 Å². The van der Waals surface area contributed by atoms with Crippen LogP contribution in [0.1, 0.15) is 5.56 Å². The quantitative estimate of drug-likeness (QED) is 0.640. The van der Waals surface area contributed by atoms with Gasteiger partial charge in [0.05, 0.1) is 25.8 Å². The van der Waals surface area contributed by atoms with E-state index in [1.165, 1.54) is 6.21 Å². The summed E-state index contributed by atoms with van der Waals surface area (Å²) >= 11 is 0. The van der Waals surface area contributed by atoms with Crippen LogP contribution in [0.5, 0.6) is 0 Å². The van der Waals surface area contributed by atoms with E-state index in [0.717, 1.165) is 16.8 Å². The van der Waals surface area contributed by atoms with Crippen molar-refractivity contribution < 1.29 is 14.1 Å². The first-order chi connectivity index (χ1) is 14.5. The predicted molar refractivity (Wildman–Crippen MR) is 113 cm³/mol. The summed E-state index contributed by atoms with van der Waals surface area (Å²) in [6.45, 7) is 4.32. The van der Waals surface area contributed by atoms with Crippen LogP contribution < -0.4 is 10.2 Å². The fourth-order valence-corrected chi connectivity index (χ4v) is 3.46. The Bertz CT molecular complexity index is 902. The van der Waals surface area contributed by atoms with Gasteiger partial charge in [0.25, 0.3) is 0 Å². The number of likely N-dealkylation sites (N-methyl/N-ethyl adjacent to an activating group) is 1. The zero-order chi connectivity index (χ0) is 21.1. The minimum atomic E-state index is 0.133. The molecule has 30 heavy (non-hydrogen) atoms. The molecule has 1 amide bonds. The molecule has 2 fully saturated rings. The van der Waals surface area contributed by atoms with Crippen LogP contribution in [0, 0.1) is 5.41 Å². The van der Waals surface area contributed by atoms with E-state index in [9.17, 15) is 4.79 Å².